The van der Waals surface area contributed by atoms with E-state index in [2.05, 4.69) is 18.7 Å². The smallest absolute Gasteiger partial charge is 0.295 e. The third-order valence-electron chi connectivity index (χ3n) is 6.34. The number of likely N-dealkylation sites (tertiary alicyclic amines) is 1. The molecule has 0 aliphatic carbocycles. The first-order valence-electron chi connectivity index (χ1n) is 12.3. The van der Waals surface area contributed by atoms with Gasteiger partial charge in [0.05, 0.1) is 31.4 Å². The molecule has 186 valence electrons. The Hall–Kier alpha value is -3.16. The third-order valence-corrected chi connectivity index (χ3v) is 6.34. The Morgan fingerprint density at radius 2 is 1.71 bits per heavy atom. The molecule has 1 N–H and O–H groups in total. The average molecular weight is 479 g/mol. The maximum Gasteiger partial charge on any atom is 0.295 e. The van der Waals surface area contributed by atoms with Gasteiger partial charge in [0.2, 0.25) is 0 Å². The Balaban J connectivity index is 1.59. The van der Waals surface area contributed by atoms with E-state index in [4.69, 9.17) is 9.47 Å². The average Bonchev–Trinajstić information content (AvgIpc) is 3.13. The number of Topliss-reactive ketones (excluding diaryl/α,β-unsaturated/α-hetero) is 1. The van der Waals surface area contributed by atoms with Crippen molar-refractivity contribution in [3.8, 4) is 5.75 Å². The molecule has 7 heteroatoms. The minimum Gasteiger partial charge on any atom is -0.507 e. The van der Waals surface area contributed by atoms with Crippen LogP contribution in [0, 0.1) is 5.92 Å². The number of hydrogen-bond donors (Lipinski definition) is 1. The molecule has 2 aliphatic heterocycles. The van der Waals surface area contributed by atoms with Gasteiger partial charge in [-0.3, -0.25) is 14.5 Å². The summed E-state index contributed by atoms with van der Waals surface area (Å²) in [5, 5.41) is 11.2. The van der Waals surface area contributed by atoms with Crippen molar-refractivity contribution in [1.29, 1.82) is 0 Å². The molecule has 4 rings (SSSR count). The first-order chi connectivity index (χ1) is 17.0. The number of aliphatic hydroxyl groups is 1. The molecule has 2 saturated heterocycles. The number of benzene rings is 2. The highest BCUT2D eigenvalue weighted by Crippen LogP contribution is 2.39. The van der Waals surface area contributed by atoms with Crippen molar-refractivity contribution >= 4 is 17.4 Å². The maximum absolute atomic E-state index is 13.2. The van der Waals surface area contributed by atoms with Crippen LogP contribution in [0.4, 0.5) is 0 Å². The number of rotatable bonds is 9. The lowest BCUT2D eigenvalue weighted by Crippen LogP contribution is -2.38. The largest absolute Gasteiger partial charge is 0.507 e. The summed E-state index contributed by atoms with van der Waals surface area (Å²) in [6.07, 6.45) is 0.734. The number of carbonyl (C=O) groups is 2. The van der Waals surface area contributed by atoms with Gasteiger partial charge in [-0.2, -0.15) is 0 Å². The van der Waals surface area contributed by atoms with Crippen LogP contribution in [0.5, 0.6) is 5.75 Å². The lowest BCUT2D eigenvalue weighted by atomic mass is 9.95. The van der Waals surface area contributed by atoms with Gasteiger partial charge in [-0.05, 0) is 42.2 Å². The molecule has 0 bridgehead atoms. The second-order valence-electron chi connectivity index (χ2n) is 9.44. The second kappa shape index (κ2) is 11.5. The Bertz CT molecular complexity index is 1040. The molecule has 2 aromatic carbocycles. The summed E-state index contributed by atoms with van der Waals surface area (Å²) in [5.41, 5.74) is 1.41. The topological polar surface area (TPSA) is 79.3 Å². The Labute approximate surface area is 206 Å². The van der Waals surface area contributed by atoms with Crippen molar-refractivity contribution in [2.24, 2.45) is 5.92 Å². The lowest BCUT2D eigenvalue weighted by Gasteiger charge is -2.29. The van der Waals surface area contributed by atoms with E-state index >= 15 is 0 Å². The van der Waals surface area contributed by atoms with Gasteiger partial charge in [0.15, 0.2) is 0 Å². The van der Waals surface area contributed by atoms with Crippen LogP contribution in [0.1, 0.15) is 37.4 Å². The van der Waals surface area contributed by atoms with Gasteiger partial charge in [-0.25, -0.2) is 0 Å². The number of carbonyl (C=O) groups excluding carboxylic acids is 2. The fraction of sp³-hybridized carbons (Fsp3) is 0.429. The summed E-state index contributed by atoms with van der Waals surface area (Å²) in [5.74, 6) is -0.294. The fourth-order valence-corrected chi connectivity index (χ4v) is 4.51. The molecular weight excluding hydrogens is 444 g/mol. The number of aliphatic hydroxyl groups excluding tert-OH is 1. The normalized spacial score (nSPS) is 20.5. The molecule has 2 heterocycles. The predicted molar refractivity (Wildman–Crippen MR) is 134 cm³/mol. The molecule has 0 radical (unpaired) electrons. The number of amides is 1. The number of morpholine rings is 1. The first-order valence-corrected chi connectivity index (χ1v) is 12.3. The molecule has 0 saturated carbocycles. The fourth-order valence-electron chi connectivity index (χ4n) is 4.51. The molecule has 2 aliphatic rings. The van der Waals surface area contributed by atoms with E-state index in [1.807, 2.05) is 30.3 Å². The molecule has 2 aromatic rings. The summed E-state index contributed by atoms with van der Waals surface area (Å²) in [7, 11) is 0. The van der Waals surface area contributed by atoms with Gasteiger partial charge in [-0.15, -0.1) is 0 Å². The zero-order chi connectivity index (χ0) is 24.8. The lowest BCUT2D eigenvalue weighted by molar-refractivity contribution is -0.140. The molecule has 0 aromatic heterocycles. The van der Waals surface area contributed by atoms with E-state index in [1.165, 1.54) is 0 Å². The minimum absolute atomic E-state index is 0.128. The molecule has 2 fully saturated rings. The molecule has 0 unspecified atom stereocenters. The Morgan fingerprint density at radius 3 is 2.37 bits per heavy atom. The van der Waals surface area contributed by atoms with E-state index in [-0.39, 0.29) is 11.3 Å². The molecule has 7 nitrogen and oxygen atoms in total. The van der Waals surface area contributed by atoms with Crippen molar-refractivity contribution in [2.45, 2.75) is 26.3 Å². The summed E-state index contributed by atoms with van der Waals surface area (Å²) < 4.78 is 11.1. The maximum atomic E-state index is 13.2. The van der Waals surface area contributed by atoms with Crippen molar-refractivity contribution in [2.75, 3.05) is 46.0 Å². The third kappa shape index (κ3) is 5.92. The van der Waals surface area contributed by atoms with Crippen molar-refractivity contribution in [3.05, 3.63) is 71.3 Å². The van der Waals surface area contributed by atoms with Crippen LogP contribution in [-0.2, 0) is 14.3 Å². The molecule has 0 spiro atoms. The zero-order valence-corrected chi connectivity index (χ0v) is 20.5. The van der Waals surface area contributed by atoms with Gasteiger partial charge >= 0.3 is 0 Å². The van der Waals surface area contributed by atoms with Crippen LogP contribution in [0.3, 0.4) is 0 Å². The number of nitrogens with zero attached hydrogens (tertiary/aromatic N) is 2. The van der Waals surface area contributed by atoms with Gasteiger partial charge in [0, 0.05) is 31.7 Å². The number of hydrogen-bond acceptors (Lipinski definition) is 6. The van der Waals surface area contributed by atoms with Crippen LogP contribution in [0.25, 0.3) is 5.76 Å². The Morgan fingerprint density at radius 1 is 1.03 bits per heavy atom. The summed E-state index contributed by atoms with van der Waals surface area (Å²) >= 11 is 0. The quantitative estimate of drug-likeness (QED) is 0.335. The number of ether oxygens (including phenoxy) is 2. The Kier molecular flexibility index (Phi) is 8.21. The van der Waals surface area contributed by atoms with Gasteiger partial charge in [0.1, 0.15) is 11.5 Å². The van der Waals surface area contributed by atoms with E-state index in [1.54, 1.807) is 29.2 Å². The highest BCUT2D eigenvalue weighted by Gasteiger charge is 2.45. The van der Waals surface area contributed by atoms with E-state index in [0.717, 1.165) is 44.8 Å². The molecule has 1 amide bonds. The van der Waals surface area contributed by atoms with Gasteiger partial charge in [0.25, 0.3) is 11.7 Å². The summed E-state index contributed by atoms with van der Waals surface area (Å²) in [6.45, 7) is 9.18. The predicted octanol–water partition coefficient (Wildman–Crippen LogP) is 3.87. The van der Waals surface area contributed by atoms with E-state index in [0.29, 0.717) is 30.4 Å². The highest BCUT2D eigenvalue weighted by atomic mass is 16.5. The van der Waals surface area contributed by atoms with Crippen molar-refractivity contribution in [3.63, 3.8) is 0 Å². The second-order valence-corrected chi connectivity index (χ2v) is 9.44. The van der Waals surface area contributed by atoms with Crippen LogP contribution >= 0.6 is 0 Å². The first kappa shape index (κ1) is 24.9. The molecular formula is C28H34N2O5. The monoisotopic (exact) mass is 478 g/mol. The molecule has 1 atom stereocenters. The van der Waals surface area contributed by atoms with Crippen LogP contribution in [0.2, 0.25) is 0 Å². The van der Waals surface area contributed by atoms with Crippen LogP contribution in [0.15, 0.2) is 60.2 Å². The zero-order valence-electron chi connectivity index (χ0n) is 20.5. The molecule has 35 heavy (non-hydrogen) atoms. The standard InChI is InChI=1S/C28H34N2O5/c1-20(2)19-35-23-11-9-22(10-12-23)26(31)24-25(21-7-4-3-5-8-21)30(28(33)27(24)32)14-6-13-29-15-17-34-18-16-29/h3-5,7-12,20,25,31H,6,13-19H2,1-2H3/b26-24+/t25-/m0/s1. The summed E-state index contributed by atoms with van der Waals surface area (Å²) in [4.78, 5) is 30.2. The summed E-state index contributed by atoms with van der Waals surface area (Å²) in [6, 6.07) is 15.8. The van der Waals surface area contributed by atoms with Crippen molar-refractivity contribution < 1.29 is 24.2 Å². The van der Waals surface area contributed by atoms with Crippen molar-refractivity contribution in [1.82, 2.24) is 9.80 Å². The van der Waals surface area contributed by atoms with E-state index < -0.39 is 17.7 Å². The number of ketones is 1. The van der Waals surface area contributed by atoms with E-state index in [9.17, 15) is 14.7 Å². The SMILES string of the molecule is CC(C)COc1ccc(/C(O)=C2\C(=O)C(=O)N(CCCN3CCOCC3)[C@H]2c2ccccc2)cc1. The minimum atomic E-state index is -0.650. The van der Waals surface area contributed by atoms with Crippen LogP contribution in [-0.4, -0.2) is 72.6 Å². The van der Waals surface area contributed by atoms with Gasteiger partial charge in [-0.1, -0.05) is 44.2 Å². The highest BCUT2D eigenvalue weighted by molar-refractivity contribution is 6.46. The van der Waals surface area contributed by atoms with Gasteiger partial charge < -0.3 is 19.5 Å². The van der Waals surface area contributed by atoms with Crippen LogP contribution < -0.4 is 4.74 Å².